The van der Waals surface area contributed by atoms with E-state index >= 15 is 0 Å². The predicted molar refractivity (Wildman–Crippen MR) is 57.7 cm³/mol. The Hall–Kier alpha value is -2.17. The van der Waals surface area contributed by atoms with Crippen molar-refractivity contribution >= 4 is 5.97 Å². The lowest BCUT2D eigenvalue weighted by molar-refractivity contribution is 0.0696. The highest BCUT2D eigenvalue weighted by Crippen LogP contribution is 2.12. The van der Waals surface area contributed by atoms with Gasteiger partial charge in [0.15, 0.2) is 0 Å². The minimum absolute atomic E-state index is 0.242. The largest absolute Gasteiger partial charge is 0.478 e. The Morgan fingerprint density at radius 1 is 1.56 bits per heavy atom. The molecule has 0 atom stereocenters. The molecule has 2 rings (SSSR count). The molecule has 1 N–H and O–H groups in total. The molecule has 16 heavy (non-hydrogen) atoms. The summed E-state index contributed by atoms with van der Waals surface area (Å²) in [6.45, 7) is 1.88. The molecule has 5 heteroatoms. The zero-order valence-electron chi connectivity index (χ0n) is 8.79. The number of carbonyl (C=O) groups is 1. The standard InChI is InChI=1S/C11H11N3O2/c1-2-10-9(11(15)16)7-14(13-10)8-4-3-5-12-6-8/h3-7H,2H2,1H3,(H,15,16). The second-order valence-electron chi connectivity index (χ2n) is 3.30. The average molecular weight is 217 g/mol. The van der Waals surface area contributed by atoms with Crippen LogP contribution in [0.5, 0.6) is 0 Å². The van der Waals surface area contributed by atoms with Gasteiger partial charge in [-0.3, -0.25) is 4.98 Å². The van der Waals surface area contributed by atoms with Crippen LogP contribution >= 0.6 is 0 Å². The van der Waals surface area contributed by atoms with Crippen LogP contribution in [0.3, 0.4) is 0 Å². The summed E-state index contributed by atoms with van der Waals surface area (Å²) in [6.07, 6.45) is 5.40. The molecule has 0 aromatic carbocycles. The number of pyridine rings is 1. The molecule has 2 aromatic heterocycles. The number of aromatic carboxylic acids is 1. The van der Waals surface area contributed by atoms with Gasteiger partial charge < -0.3 is 5.11 Å². The Morgan fingerprint density at radius 3 is 2.88 bits per heavy atom. The number of nitrogens with zero attached hydrogens (tertiary/aromatic N) is 3. The monoisotopic (exact) mass is 217 g/mol. The van der Waals surface area contributed by atoms with E-state index in [9.17, 15) is 4.79 Å². The van der Waals surface area contributed by atoms with Crippen molar-refractivity contribution in [2.24, 2.45) is 0 Å². The lowest BCUT2D eigenvalue weighted by Gasteiger charge is -1.98. The molecule has 0 unspecified atom stereocenters. The van der Waals surface area contributed by atoms with E-state index in [-0.39, 0.29) is 5.56 Å². The van der Waals surface area contributed by atoms with Gasteiger partial charge in [-0.1, -0.05) is 6.92 Å². The topological polar surface area (TPSA) is 68.0 Å². The highest BCUT2D eigenvalue weighted by molar-refractivity contribution is 5.88. The first kappa shape index (κ1) is 10.4. The summed E-state index contributed by atoms with van der Waals surface area (Å²) in [5, 5.41) is 13.2. The van der Waals surface area contributed by atoms with Crippen LogP contribution in [0.4, 0.5) is 0 Å². The van der Waals surface area contributed by atoms with Crippen molar-refractivity contribution in [3.63, 3.8) is 0 Å². The van der Waals surface area contributed by atoms with Gasteiger partial charge in [-0.15, -0.1) is 0 Å². The summed E-state index contributed by atoms with van der Waals surface area (Å²) < 4.78 is 1.54. The first-order valence-corrected chi connectivity index (χ1v) is 4.94. The van der Waals surface area contributed by atoms with Gasteiger partial charge in [-0.25, -0.2) is 9.48 Å². The highest BCUT2D eigenvalue weighted by Gasteiger charge is 2.14. The fourth-order valence-corrected chi connectivity index (χ4v) is 1.47. The molecule has 0 amide bonds. The van der Waals surface area contributed by atoms with E-state index in [2.05, 4.69) is 10.1 Å². The van der Waals surface area contributed by atoms with Gasteiger partial charge in [0.25, 0.3) is 0 Å². The molecular weight excluding hydrogens is 206 g/mol. The molecule has 2 aromatic rings. The molecular formula is C11H11N3O2. The van der Waals surface area contributed by atoms with Gasteiger partial charge in [-0.05, 0) is 18.6 Å². The van der Waals surface area contributed by atoms with Crippen LogP contribution in [0.2, 0.25) is 0 Å². The molecule has 0 aliphatic carbocycles. The van der Waals surface area contributed by atoms with E-state index in [1.165, 1.54) is 10.9 Å². The Labute approximate surface area is 92.4 Å². The summed E-state index contributed by atoms with van der Waals surface area (Å²) >= 11 is 0. The maximum atomic E-state index is 11.0. The SMILES string of the molecule is CCc1nn(-c2cccnc2)cc1C(=O)O. The zero-order valence-corrected chi connectivity index (χ0v) is 8.79. The molecule has 0 saturated heterocycles. The molecule has 0 bridgehead atoms. The number of hydrogen-bond donors (Lipinski definition) is 1. The second kappa shape index (κ2) is 4.14. The third-order valence-corrected chi connectivity index (χ3v) is 2.27. The summed E-state index contributed by atoms with van der Waals surface area (Å²) in [5.74, 6) is -0.952. The van der Waals surface area contributed by atoms with Crippen molar-refractivity contribution in [1.82, 2.24) is 14.8 Å². The first-order chi connectivity index (χ1) is 7.72. The number of carboxylic acids is 1. The third kappa shape index (κ3) is 1.79. The molecule has 82 valence electrons. The van der Waals surface area contributed by atoms with Crippen LogP contribution in [0.1, 0.15) is 23.0 Å². The van der Waals surface area contributed by atoms with E-state index in [0.29, 0.717) is 12.1 Å². The average Bonchev–Trinajstić information content (AvgIpc) is 2.74. The van der Waals surface area contributed by atoms with Crippen LogP contribution in [0, 0.1) is 0 Å². The molecule has 0 aliphatic rings. The quantitative estimate of drug-likeness (QED) is 0.846. The van der Waals surface area contributed by atoms with Crippen molar-refractivity contribution in [2.75, 3.05) is 0 Å². The number of aryl methyl sites for hydroxylation is 1. The van der Waals surface area contributed by atoms with E-state index in [1.54, 1.807) is 18.5 Å². The smallest absolute Gasteiger partial charge is 0.339 e. The van der Waals surface area contributed by atoms with E-state index in [4.69, 9.17) is 5.11 Å². The van der Waals surface area contributed by atoms with Gasteiger partial charge in [0.05, 0.1) is 17.6 Å². The van der Waals surface area contributed by atoms with E-state index < -0.39 is 5.97 Å². The summed E-state index contributed by atoms with van der Waals surface area (Å²) in [6, 6.07) is 3.61. The molecule has 2 heterocycles. The minimum atomic E-state index is -0.952. The Balaban J connectivity index is 2.48. The van der Waals surface area contributed by atoms with Crippen molar-refractivity contribution in [2.45, 2.75) is 13.3 Å². The number of hydrogen-bond acceptors (Lipinski definition) is 3. The molecule has 5 nitrogen and oxygen atoms in total. The Morgan fingerprint density at radius 2 is 2.38 bits per heavy atom. The summed E-state index contributed by atoms with van der Waals surface area (Å²) in [4.78, 5) is 14.9. The molecule has 0 radical (unpaired) electrons. The predicted octanol–water partition coefficient (Wildman–Crippen LogP) is 1.53. The van der Waals surface area contributed by atoms with Crippen LogP contribution < -0.4 is 0 Å². The normalized spacial score (nSPS) is 10.3. The Kier molecular flexibility index (Phi) is 2.68. The van der Waals surface area contributed by atoms with E-state index in [1.807, 2.05) is 13.0 Å². The first-order valence-electron chi connectivity index (χ1n) is 4.94. The van der Waals surface area contributed by atoms with Gasteiger partial charge >= 0.3 is 5.97 Å². The van der Waals surface area contributed by atoms with Crippen molar-refractivity contribution in [3.8, 4) is 5.69 Å². The summed E-state index contributed by atoms with van der Waals surface area (Å²) in [7, 11) is 0. The minimum Gasteiger partial charge on any atom is -0.478 e. The lowest BCUT2D eigenvalue weighted by Crippen LogP contribution is -1.98. The van der Waals surface area contributed by atoms with Gasteiger partial charge in [0.1, 0.15) is 5.56 Å². The third-order valence-electron chi connectivity index (χ3n) is 2.27. The molecule has 0 fully saturated rings. The fourth-order valence-electron chi connectivity index (χ4n) is 1.47. The number of rotatable bonds is 3. The highest BCUT2D eigenvalue weighted by atomic mass is 16.4. The molecule has 0 saturated carbocycles. The van der Waals surface area contributed by atoms with Crippen molar-refractivity contribution < 1.29 is 9.90 Å². The number of aromatic nitrogens is 3. The maximum absolute atomic E-state index is 11.0. The Bertz CT molecular complexity index is 505. The van der Waals surface area contributed by atoms with Gasteiger partial charge in [0, 0.05) is 12.4 Å². The maximum Gasteiger partial charge on any atom is 0.339 e. The van der Waals surface area contributed by atoms with Crippen LogP contribution in [0.15, 0.2) is 30.7 Å². The van der Waals surface area contributed by atoms with Gasteiger partial charge in [0.2, 0.25) is 0 Å². The van der Waals surface area contributed by atoms with Crippen LogP contribution in [-0.4, -0.2) is 25.8 Å². The number of carboxylic acid groups (broad SMARTS) is 1. The second-order valence-corrected chi connectivity index (χ2v) is 3.30. The lowest BCUT2D eigenvalue weighted by atomic mass is 10.2. The molecule has 0 aliphatic heterocycles. The van der Waals surface area contributed by atoms with Crippen molar-refractivity contribution in [3.05, 3.63) is 42.0 Å². The molecule has 0 spiro atoms. The van der Waals surface area contributed by atoms with E-state index in [0.717, 1.165) is 5.69 Å². The van der Waals surface area contributed by atoms with Crippen molar-refractivity contribution in [1.29, 1.82) is 0 Å². The van der Waals surface area contributed by atoms with Gasteiger partial charge in [-0.2, -0.15) is 5.10 Å². The van der Waals surface area contributed by atoms with Crippen LogP contribution in [0.25, 0.3) is 5.69 Å². The van der Waals surface area contributed by atoms with Crippen LogP contribution in [-0.2, 0) is 6.42 Å². The summed E-state index contributed by atoms with van der Waals surface area (Å²) in [5.41, 5.74) is 1.58. The zero-order chi connectivity index (χ0) is 11.5. The fraction of sp³-hybridized carbons (Fsp3) is 0.182.